The van der Waals surface area contributed by atoms with Crippen molar-refractivity contribution in [2.75, 3.05) is 0 Å². The van der Waals surface area contributed by atoms with Gasteiger partial charge in [0.1, 0.15) is 0 Å². The van der Waals surface area contributed by atoms with Crippen LogP contribution in [0.3, 0.4) is 0 Å². The molecule has 0 radical (unpaired) electrons. The normalized spacial score (nSPS) is 15.1. The Bertz CT molecular complexity index is 430. The number of rotatable bonds is 1. The van der Waals surface area contributed by atoms with E-state index in [0.717, 1.165) is 11.3 Å². The fourth-order valence-corrected chi connectivity index (χ4v) is 1.51. The average Bonchev–Trinajstić information content (AvgIpc) is 2.44. The predicted molar refractivity (Wildman–Crippen MR) is 47.8 cm³/mol. The lowest BCUT2D eigenvalue weighted by Gasteiger charge is -2.09. The van der Waals surface area contributed by atoms with Gasteiger partial charge in [-0.15, -0.1) is 5.06 Å². The molecule has 14 heavy (non-hydrogen) atoms. The van der Waals surface area contributed by atoms with Gasteiger partial charge in [-0.05, 0) is 12.2 Å². The van der Waals surface area contributed by atoms with E-state index >= 15 is 0 Å². The lowest BCUT2D eigenvalue weighted by Crippen LogP contribution is -2.20. The Morgan fingerprint density at radius 3 is 3.21 bits per heavy atom. The van der Waals surface area contributed by atoms with Crippen LogP contribution in [0.5, 0.6) is 0 Å². The topological polar surface area (TPSA) is 78.5 Å². The molecule has 7 heteroatoms. The van der Waals surface area contributed by atoms with Crippen LogP contribution in [-0.2, 0) is 17.9 Å². The minimum Gasteiger partial charge on any atom is -0.448 e. The molecule has 0 unspecified atom stereocenters. The van der Waals surface area contributed by atoms with Gasteiger partial charge in [0.25, 0.3) is 0 Å². The zero-order valence-corrected chi connectivity index (χ0v) is 7.87. The molecule has 0 aliphatic carbocycles. The zero-order chi connectivity index (χ0) is 10.1. The van der Waals surface area contributed by atoms with Crippen LogP contribution in [0.25, 0.3) is 0 Å². The maximum Gasteiger partial charge on any atom is 0.525 e. The van der Waals surface area contributed by atoms with Gasteiger partial charge < -0.3 is 14.9 Å². The highest BCUT2D eigenvalue weighted by atomic mass is 32.1. The Hall–Kier alpha value is -1.47. The van der Waals surface area contributed by atoms with E-state index in [1.165, 1.54) is 5.06 Å². The van der Waals surface area contributed by atoms with E-state index < -0.39 is 6.16 Å². The first-order valence-electron chi connectivity index (χ1n) is 3.88. The molecule has 0 atom stereocenters. The Balaban J connectivity index is 2.18. The molecule has 2 heterocycles. The highest BCUT2D eigenvalue weighted by Crippen LogP contribution is 2.19. The highest BCUT2D eigenvalue weighted by Gasteiger charge is 2.22. The van der Waals surface area contributed by atoms with Crippen molar-refractivity contribution >= 4 is 18.4 Å². The molecule has 0 fully saturated rings. The maximum atomic E-state index is 10.3. The number of aromatic amines is 1. The lowest BCUT2D eigenvalue weighted by molar-refractivity contribution is -0.125. The Kier molecular flexibility index (Phi) is 2.18. The van der Waals surface area contributed by atoms with Crippen LogP contribution in [0, 0.1) is 4.77 Å². The number of hydrogen-bond donors (Lipinski definition) is 2. The van der Waals surface area contributed by atoms with Crippen molar-refractivity contribution in [3.8, 4) is 0 Å². The second kappa shape index (κ2) is 3.35. The summed E-state index contributed by atoms with van der Waals surface area (Å²) in [5, 5.41) is 9.72. The third-order valence-corrected chi connectivity index (χ3v) is 2.08. The van der Waals surface area contributed by atoms with Crippen LogP contribution in [0.15, 0.2) is 6.20 Å². The standard InChI is InChI=1S/C7H7N3O3S/c11-7(12)13-10-2-4-1-8-6(14)9-5(4)3-10/h1H,2-3H2,(H,11,12)(H,8,9,14). The van der Waals surface area contributed by atoms with Crippen LogP contribution < -0.4 is 0 Å². The third kappa shape index (κ3) is 1.73. The molecule has 2 rings (SSSR count). The van der Waals surface area contributed by atoms with E-state index in [1.807, 2.05) is 0 Å². The summed E-state index contributed by atoms with van der Waals surface area (Å²) in [6.07, 6.45) is 0.309. The van der Waals surface area contributed by atoms with Crippen LogP contribution in [0.2, 0.25) is 0 Å². The van der Waals surface area contributed by atoms with Crippen molar-refractivity contribution in [3.63, 3.8) is 0 Å². The molecular weight excluding hydrogens is 206 g/mol. The second-order valence-electron chi connectivity index (χ2n) is 2.85. The first kappa shape index (κ1) is 9.10. The highest BCUT2D eigenvalue weighted by molar-refractivity contribution is 7.71. The van der Waals surface area contributed by atoms with Crippen molar-refractivity contribution in [2.24, 2.45) is 0 Å². The first-order chi connectivity index (χ1) is 6.65. The molecule has 1 aliphatic rings. The summed E-state index contributed by atoms with van der Waals surface area (Å²) >= 11 is 4.84. The van der Waals surface area contributed by atoms with Crippen molar-refractivity contribution in [1.29, 1.82) is 0 Å². The third-order valence-electron chi connectivity index (χ3n) is 1.87. The number of fused-ring (bicyclic) bond motifs is 1. The summed E-state index contributed by atoms with van der Waals surface area (Å²) in [5.74, 6) is 0. The van der Waals surface area contributed by atoms with Gasteiger partial charge in [-0.3, -0.25) is 0 Å². The smallest absolute Gasteiger partial charge is 0.448 e. The molecular formula is C7H7N3O3S. The van der Waals surface area contributed by atoms with Gasteiger partial charge >= 0.3 is 6.16 Å². The summed E-state index contributed by atoms with van der Waals surface area (Å²) in [6.45, 7) is 0.786. The minimum atomic E-state index is -1.32. The molecule has 0 bridgehead atoms. The van der Waals surface area contributed by atoms with Crippen molar-refractivity contribution in [1.82, 2.24) is 15.0 Å². The van der Waals surface area contributed by atoms with Crippen molar-refractivity contribution in [2.45, 2.75) is 13.1 Å². The number of H-pyrrole nitrogens is 1. The Morgan fingerprint density at radius 1 is 1.71 bits per heavy atom. The molecule has 0 saturated heterocycles. The SMILES string of the molecule is O=C(O)ON1Cc2cnc(=S)[nH]c2C1. The summed E-state index contributed by atoms with van der Waals surface area (Å²) in [4.78, 5) is 21.5. The van der Waals surface area contributed by atoms with Gasteiger partial charge in [0.15, 0.2) is 4.77 Å². The fourth-order valence-electron chi connectivity index (χ4n) is 1.33. The van der Waals surface area contributed by atoms with E-state index in [9.17, 15) is 4.79 Å². The summed E-state index contributed by atoms with van der Waals surface area (Å²) < 4.78 is 0.390. The molecule has 0 aromatic carbocycles. The van der Waals surface area contributed by atoms with Crippen LogP contribution in [0.4, 0.5) is 4.79 Å². The molecule has 0 spiro atoms. The van der Waals surface area contributed by atoms with E-state index in [1.54, 1.807) is 6.20 Å². The maximum absolute atomic E-state index is 10.3. The van der Waals surface area contributed by atoms with Gasteiger partial charge in [-0.1, -0.05) is 0 Å². The van der Waals surface area contributed by atoms with E-state index in [2.05, 4.69) is 14.8 Å². The van der Waals surface area contributed by atoms with E-state index in [0.29, 0.717) is 17.9 Å². The molecule has 1 aromatic heterocycles. The number of hydroxylamine groups is 2. The largest absolute Gasteiger partial charge is 0.525 e. The van der Waals surface area contributed by atoms with E-state index in [-0.39, 0.29) is 0 Å². The molecule has 74 valence electrons. The monoisotopic (exact) mass is 213 g/mol. The molecule has 6 nitrogen and oxygen atoms in total. The van der Waals surface area contributed by atoms with Gasteiger partial charge in [-0.25, -0.2) is 9.78 Å². The van der Waals surface area contributed by atoms with Gasteiger partial charge in [0, 0.05) is 17.5 Å². The van der Waals surface area contributed by atoms with Crippen LogP contribution in [0.1, 0.15) is 11.3 Å². The van der Waals surface area contributed by atoms with Crippen LogP contribution in [-0.4, -0.2) is 26.3 Å². The number of nitrogens with zero attached hydrogens (tertiary/aromatic N) is 2. The Morgan fingerprint density at radius 2 is 2.50 bits per heavy atom. The van der Waals surface area contributed by atoms with E-state index in [4.69, 9.17) is 17.3 Å². The number of nitrogens with one attached hydrogen (secondary N) is 1. The average molecular weight is 213 g/mol. The quantitative estimate of drug-likeness (QED) is 0.679. The Labute approximate surface area is 84.1 Å². The fraction of sp³-hybridized carbons (Fsp3) is 0.286. The molecule has 0 saturated carbocycles. The van der Waals surface area contributed by atoms with Gasteiger partial charge in [-0.2, -0.15) is 0 Å². The molecule has 1 aromatic rings. The predicted octanol–water partition coefficient (Wildman–Crippen LogP) is 1.06. The summed E-state index contributed by atoms with van der Waals surface area (Å²) in [7, 11) is 0. The van der Waals surface area contributed by atoms with Crippen molar-refractivity contribution < 1.29 is 14.7 Å². The zero-order valence-electron chi connectivity index (χ0n) is 7.06. The first-order valence-corrected chi connectivity index (χ1v) is 4.29. The number of aromatic nitrogens is 2. The van der Waals surface area contributed by atoms with Gasteiger partial charge in [0.05, 0.1) is 13.1 Å². The molecule has 0 amide bonds. The number of carboxylic acid groups (broad SMARTS) is 1. The lowest BCUT2D eigenvalue weighted by atomic mass is 10.3. The van der Waals surface area contributed by atoms with Crippen LogP contribution >= 0.6 is 12.2 Å². The molecule has 1 aliphatic heterocycles. The number of carbonyl (C=O) groups is 1. The summed E-state index contributed by atoms with van der Waals surface area (Å²) in [6, 6.07) is 0. The minimum absolute atomic E-state index is 0.383. The number of hydrogen-bond acceptors (Lipinski definition) is 5. The van der Waals surface area contributed by atoms with Gasteiger partial charge in [0.2, 0.25) is 0 Å². The summed E-state index contributed by atoms with van der Waals surface area (Å²) in [5.41, 5.74) is 1.76. The van der Waals surface area contributed by atoms with Crippen molar-refractivity contribution in [3.05, 3.63) is 22.2 Å². The molecule has 2 N–H and O–H groups in total. The second-order valence-corrected chi connectivity index (χ2v) is 3.23.